The van der Waals surface area contributed by atoms with Gasteiger partial charge in [0.2, 0.25) is 0 Å². The lowest BCUT2D eigenvalue weighted by atomic mass is 10.0. The summed E-state index contributed by atoms with van der Waals surface area (Å²) in [5.74, 6) is -0.131. The van der Waals surface area contributed by atoms with Crippen molar-refractivity contribution in [3.8, 4) is 22.5 Å². The second-order valence-electron chi connectivity index (χ2n) is 9.27. The minimum Gasteiger partial charge on any atom is -0.388 e. The SMILES string of the molecule is CCCC.CCc1ccc(-c2ccnc(-c3cccc(NC)c3C)c2Cl)nc1C.C\C=C/C(CC)=C(F)\C=C\C. The van der Waals surface area contributed by atoms with Gasteiger partial charge in [-0.25, -0.2) is 4.39 Å². The van der Waals surface area contributed by atoms with Crippen LogP contribution in [0.1, 0.15) is 77.6 Å². The summed E-state index contributed by atoms with van der Waals surface area (Å²) in [5.41, 5.74) is 8.86. The van der Waals surface area contributed by atoms with Gasteiger partial charge < -0.3 is 5.32 Å². The molecule has 0 saturated carbocycles. The number of halogens is 2. The Hall–Kier alpha value is -3.24. The van der Waals surface area contributed by atoms with Crippen LogP contribution in [-0.4, -0.2) is 17.0 Å². The molecule has 0 fully saturated rings. The number of rotatable bonds is 8. The molecule has 0 saturated heterocycles. The average molecular weight is 564 g/mol. The Morgan fingerprint density at radius 1 is 0.925 bits per heavy atom. The topological polar surface area (TPSA) is 37.8 Å². The molecule has 1 N–H and O–H groups in total. The van der Waals surface area contributed by atoms with E-state index >= 15 is 0 Å². The molecule has 0 radical (unpaired) electrons. The number of nitrogens with one attached hydrogen (secondary N) is 1. The fourth-order valence-corrected chi connectivity index (χ4v) is 4.24. The molecule has 40 heavy (non-hydrogen) atoms. The molecule has 3 rings (SSSR count). The molecule has 0 amide bonds. The van der Waals surface area contributed by atoms with Crippen LogP contribution in [0.25, 0.3) is 22.5 Å². The van der Waals surface area contributed by atoms with Crippen LogP contribution in [0.5, 0.6) is 0 Å². The maximum atomic E-state index is 13.0. The monoisotopic (exact) mass is 563 g/mol. The predicted octanol–water partition coefficient (Wildman–Crippen LogP) is 11.3. The van der Waals surface area contributed by atoms with Crippen LogP contribution in [0.2, 0.25) is 5.02 Å². The van der Waals surface area contributed by atoms with Crippen LogP contribution in [-0.2, 0) is 6.42 Å². The largest absolute Gasteiger partial charge is 0.388 e. The molecular weight excluding hydrogens is 517 g/mol. The van der Waals surface area contributed by atoms with Gasteiger partial charge in [-0.15, -0.1) is 0 Å². The first-order valence-corrected chi connectivity index (χ1v) is 14.6. The summed E-state index contributed by atoms with van der Waals surface area (Å²) in [5, 5.41) is 3.84. The van der Waals surface area contributed by atoms with Gasteiger partial charge in [-0.2, -0.15) is 0 Å². The second-order valence-corrected chi connectivity index (χ2v) is 9.65. The first-order valence-electron chi connectivity index (χ1n) is 14.3. The highest BCUT2D eigenvalue weighted by Gasteiger charge is 2.15. The molecule has 3 aromatic rings. The van der Waals surface area contributed by atoms with Gasteiger partial charge in [0.15, 0.2) is 0 Å². The van der Waals surface area contributed by atoms with Gasteiger partial charge >= 0.3 is 0 Å². The zero-order valence-electron chi connectivity index (χ0n) is 25.8. The van der Waals surface area contributed by atoms with Crippen LogP contribution in [0.4, 0.5) is 10.1 Å². The summed E-state index contributed by atoms with van der Waals surface area (Å²) in [6.45, 7) is 16.3. The van der Waals surface area contributed by atoms with E-state index in [2.05, 4.69) is 44.1 Å². The van der Waals surface area contributed by atoms with E-state index in [1.807, 2.05) is 71.2 Å². The summed E-state index contributed by atoms with van der Waals surface area (Å²) >= 11 is 6.75. The number of pyridine rings is 2. The molecule has 2 heterocycles. The van der Waals surface area contributed by atoms with Crippen LogP contribution in [0.3, 0.4) is 0 Å². The number of aryl methyl sites for hydroxylation is 2. The molecule has 2 aromatic heterocycles. The third-order valence-corrected chi connectivity index (χ3v) is 6.85. The Bertz CT molecular complexity index is 1290. The normalized spacial score (nSPS) is 11.5. The number of hydrogen-bond acceptors (Lipinski definition) is 3. The van der Waals surface area contributed by atoms with E-state index in [0.29, 0.717) is 5.02 Å². The summed E-state index contributed by atoms with van der Waals surface area (Å²) < 4.78 is 13.0. The average Bonchev–Trinajstić information content (AvgIpc) is 2.97. The Kier molecular flexibility index (Phi) is 16.5. The van der Waals surface area contributed by atoms with Crippen LogP contribution < -0.4 is 5.32 Å². The fourth-order valence-electron chi connectivity index (χ4n) is 3.93. The Morgan fingerprint density at radius 2 is 1.60 bits per heavy atom. The first kappa shape index (κ1) is 34.8. The third kappa shape index (κ3) is 10.1. The van der Waals surface area contributed by atoms with Crippen molar-refractivity contribution in [2.75, 3.05) is 12.4 Å². The number of anilines is 1. The summed E-state index contributed by atoms with van der Waals surface area (Å²) in [7, 11) is 1.92. The number of hydrogen-bond donors (Lipinski definition) is 1. The molecule has 3 nitrogen and oxygen atoms in total. The Morgan fingerprint density at radius 3 is 2.12 bits per heavy atom. The Labute approximate surface area is 247 Å². The lowest BCUT2D eigenvalue weighted by molar-refractivity contribution is 0.652. The molecule has 0 bridgehead atoms. The van der Waals surface area contributed by atoms with Gasteiger partial charge in [-0.1, -0.05) is 88.6 Å². The van der Waals surface area contributed by atoms with E-state index in [1.165, 1.54) is 24.5 Å². The van der Waals surface area contributed by atoms with Crippen molar-refractivity contribution in [1.82, 2.24) is 9.97 Å². The lowest BCUT2D eigenvalue weighted by Crippen LogP contribution is -1.97. The highest BCUT2D eigenvalue weighted by molar-refractivity contribution is 6.35. The summed E-state index contributed by atoms with van der Waals surface area (Å²) in [6.07, 6.45) is 13.0. The van der Waals surface area contributed by atoms with E-state index in [0.717, 1.165) is 57.9 Å². The van der Waals surface area contributed by atoms with E-state index in [-0.39, 0.29) is 5.83 Å². The molecule has 1 aromatic carbocycles. The van der Waals surface area contributed by atoms with E-state index in [4.69, 9.17) is 16.6 Å². The predicted molar refractivity (Wildman–Crippen MR) is 175 cm³/mol. The number of benzene rings is 1. The highest BCUT2D eigenvalue weighted by Crippen LogP contribution is 2.37. The van der Waals surface area contributed by atoms with Crippen LogP contribution >= 0.6 is 11.6 Å². The van der Waals surface area contributed by atoms with E-state index in [9.17, 15) is 4.39 Å². The van der Waals surface area contributed by atoms with Gasteiger partial charge in [0.05, 0.1) is 16.4 Å². The number of unbranched alkanes of at least 4 members (excludes halogenated alkanes) is 1. The highest BCUT2D eigenvalue weighted by atomic mass is 35.5. The van der Waals surface area contributed by atoms with E-state index in [1.54, 1.807) is 18.3 Å². The minimum absolute atomic E-state index is 0.131. The minimum atomic E-state index is -0.131. The molecule has 5 heteroatoms. The lowest BCUT2D eigenvalue weighted by Gasteiger charge is -2.14. The van der Waals surface area contributed by atoms with Gasteiger partial charge in [0, 0.05) is 35.8 Å². The first-order chi connectivity index (χ1) is 19.2. The van der Waals surface area contributed by atoms with Gasteiger partial charge in [-0.3, -0.25) is 9.97 Å². The van der Waals surface area contributed by atoms with Crippen molar-refractivity contribution < 1.29 is 4.39 Å². The molecular formula is C35H47ClFN3. The molecule has 216 valence electrons. The quantitative estimate of drug-likeness (QED) is 0.277. The van der Waals surface area contributed by atoms with Crippen molar-refractivity contribution in [3.63, 3.8) is 0 Å². The Balaban J connectivity index is 0.000000446. The number of allylic oxidation sites excluding steroid dienone is 6. The van der Waals surface area contributed by atoms with Crippen molar-refractivity contribution in [2.45, 2.75) is 81.1 Å². The molecule has 0 atom stereocenters. The molecule has 0 spiro atoms. The van der Waals surface area contributed by atoms with Crippen molar-refractivity contribution in [1.29, 1.82) is 0 Å². The standard InChI is InChI=1S/C21H22ClN3.C10H15F.C4H10/c1-5-15-9-10-19(25-14(15)3)17-11-12-24-21(20(17)22)16-7-6-8-18(23-4)13(16)2;1-4-7-9(6-3)10(11)8-5-2;1-3-4-2/h6-12,23H,5H2,1-4H3;4-5,7-8H,6H2,1-3H3;3-4H2,1-2H3/b;7-4-,8-5+,10-9+;. The maximum absolute atomic E-state index is 13.0. The smallest absolute Gasteiger partial charge is 0.126 e. The van der Waals surface area contributed by atoms with Crippen molar-refractivity contribution in [2.24, 2.45) is 0 Å². The van der Waals surface area contributed by atoms with Crippen molar-refractivity contribution >= 4 is 17.3 Å². The zero-order valence-corrected chi connectivity index (χ0v) is 26.6. The number of aromatic nitrogens is 2. The third-order valence-electron chi connectivity index (χ3n) is 6.47. The van der Waals surface area contributed by atoms with Gasteiger partial charge in [-0.05, 0) is 81.5 Å². The maximum Gasteiger partial charge on any atom is 0.126 e. The van der Waals surface area contributed by atoms with Crippen molar-refractivity contribution in [3.05, 3.63) is 100 Å². The van der Waals surface area contributed by atoms with Crippen LogP contribution in [0.15, 0.2) is 78.3 Å². The van der Waals surface area contributed by atoms with Crippen LogP contribution in [0, 0.1) is 13.8 Å². The fraction of sp³-hybridized carbons (Fsp3) is 0.371. The molecule has 0 aliphatic heterocycles. The molecule has 0 aliphatic rings. The summed E-state index contributed by atoms with van der Waals surface area (Å²) in [4.78, 5) is 9.28. The molecule has 0 aliphatic carbocycles. The van der Waals surface area contributed by atoms with Gasteiger partial charge in [0.25, 0.3) is 0 Å². The van der Waals surface area contributed by atoms with E-state index < -0.39 is 0 Å². The molecule has 0 unspecified atom stereocenters. The van der Waals surface area contributed by atoms with Gasteiger partial charge in [0.1, 0.15) is 5.83 Å². The summed E-state index contributed by atoms with van der Waals surface area (Å²) in [6, 6.07) is 12.2. The second kappa shape index (κ2) is 18.9. The zero-order chi connectivity index (χ0) is 30.1. The number of nitrogens with zero attached hydrogens (tertiary/aromatic N) is 2.